The zero-order valence-corrected chi connectivity index (χ0v) is 11.0. The smallest absolute Gasteiger partial charge is 0.255 e. The number of amidine groups is 1. The van der Waals surface area contributed by atoms with E-state index in [1.54, 1.807) is 42.5 Å². The number of oxime groups is 1. The summed E-state index contributed by atoms with van der Waals surface area (Å²) in [4.78, 5) is 12.1. The minimum atomic E-state index is -0.203. The van der Waals surface area contributed by atoms with Gasteiger partial charge in [-0.1, -0.05) is 35.5 Å². The fourth-order valence-electron chi connectivity index (χ4n) is 1.76. The first-order valence-electron chi connectivity index (χ1n) is 6.07. The van der Waals surface area contributed by atoms with Crippen LogP contribution in [0.2, 0.25) is 0 Å². The van der Waals surface area contributed by atoms with Crippen LogP contribution in [0.15, 0.2) is 53.7 Å². The maximum atomic E-state index is 12.1. The summed E-state index contributed by atoms with van der Waals surface area (Å²) in [5.74, 6) is -0.203. The molecule has 5 nitrogen and oxygen atoms in total. The molecule has 0 bridgehead atoms. The normalized spacial score (nSPS) is 11.2. The van der Waals surface area contributed by atoms with Gasteiger partial charge >= 0.3 is 0 Å². The molecule has 0 spiro atoms. The van der Waals surface area contributed by atoms with Gasteiger partial charge in [0.2, 0.25) is 0 Å². The maximum absolute atomic E-state index is 12.1. The average molecular weight is 269 g/mol. The van der Waals surface area contributed by atoms with Crippen LogP contribution in [-0.2, 0) is 0 Å². The Morgan fingerprint density at radius 1 is 1.15 bits per heavy atom. The summed E-state index contributed by atoms with van der Waals surface area (Å²) in [6.45, 7) is 1.87. The van der Waals surface area contributed by atoms with Gasteiger partial charge in [-0.3, -0.25) is 4.79 Å². The molecule has 20 heavy (non-hydrogen) atoms. The molecule has 2 aromatic carbocycles. The minimum Gasteiger partial charge on any atom is -0.409 e. The van der Waals surface area contributed by atoms with Crippen molar-refractivity contribution in [2.24, 2.45) is 10.9 Å². The third-order valence-electron chi connectivity index (χ3n) is 2.93. The second-order valence-electron chi connectivity index (χ2n) is 4.34. The summed E-state index contributed by atoms with van der Waals surface area (Å²) in [6, 6.07) is 14.1. The van der Waals surface area contributed by atoms with Gasteiger partial charge in [0.1, 0.15) is 0 Å². The number of aryl methyl sites for hydroxylation is 1. The third-order valence-corrected chi connectivity index (χ3v) is 2.93. The molecule has 2 rings (SSSR count). The summed E-state index contributed by atoms with van der Waals surface area (Å²) >= 11 is 0. The van der Waals surface area contributed by atoms with Gasteiger partial charge in [0.15, 0.2) is 5.84 Å². The van der Waals surface area contributed by atoms with Crippen LogP contribution in [0.5, 0.6) is 0 Å². The van der Waals surface area contributed by atoms with Gasteiger partial charge in [-0.15, -0.1) is 0 Å². The van der Waals surface area contributed by atoms with Gasteiger partial charge in [0, 0.05) is 16.8 Å². The highest BCUT2D eigenvalue weighted by atomic mass is 16.4. The Hall–Kier alpha value is -2.82. The van der Waals surface area contributed by atoms with E-state index >= 15 is 0 Å². The zero-order chi connectivity index (χ0) is 14.5. The molecule has 0 aliphatic heterocycles. The van der Waals surface area contributed by atoms with Crippen molar-refractivity contribution in [2.45, 2.75) is 6.92 Å². The number of nitrogens with one attached hydrogen (secondary N) is 1. The number of nitrogens with zero attached hydrogens (tertiary/aromatic N) is 1. The van der Waals surface area contributed by atoms with Crippen LogP contribution in [-0.4, -0.2) is 17.0 Å². The molecule has 0 aromatic heterocycles. The Morgan fingerprint density at radius 2 is 1.85 bits per heavy atom. The Labute approximate surface area is 116 Å². The first kappa shape index (κ1) is 13.6. The molecule has 0 saturated heterocycles. The summed E-state index contributed by atoms with van der Waals surface area (Å²) < 4.78 is 0. The minimum absolute atomic E-state index is 0.000195. The van der Waals surface area contributed by atoms with Gasteiger partial charge in [0.25, 0.3) is 5.91 Å². The zero-order valence-electron chi connectivity index (χ0n) is 11.0. The topological polar surface area (TPSA) is 87.7 Å². The van der Waals surface area contributed by atoms with Crippen LogP contribution in [0.3, 0.4) is 0 Å². The van der Waals surface area contributed by atoms with E-state index in [0.717, 1.165) is 5.56 Å². The maximum Gasteiger partial charge on any atom is 0.255 e. The van der Waals surface area contributed by atoms with E-state index in [2.05, 4.69) is 10.5 Å². The summed E-state index contributed by atoms with van der Waals surface area (Å²) in [5.41, 5.74) is 8.18. The van der Waals surface area contributed by atoms with Gasteiger partial charge in [0.05, 0.1) is 0 Å². The molecule has 2 aromatic rings. The van der Waals surface area contributed by atoms with Gasteiger partial charge in [-0.2, -0.15) is 0 Å². The number of hydrogen-bond acceptors (Lipinski definition) is 3. The lowest BCUT2D eigenvalue weighted by molar-refractivity contribution is 0.102. The van der Waals surface area contributed by atoms with Gasteiger partial charge < -0.3 is 16.3 Å². The second kappa shape index (κ2) is 5.88. The van der Waals surface area contributed by atoms with Crippen LogP contribution in [0, 0.1) is 6.92 Å². The lowest BCUT2D eigenvalue weighted by Crippen LogP contribution is -2.16. The van der Waals surface area contributed by atoms with Crippen molar-refractivity contribution in [2.75, 3.05) is 5.32 Å². The molecule has 0 atom stereocenters. The molecule has 0 fully saturated rings. The number of benzene rings is 2. The summed E-state index contributed by atoms with van der Waals surface area (Å²) in [6.07, 6.45) is 0. The lowest BCUT2D eigenvalue weighted by atomic mass is 10.1. The highest BCUT2D eigenvalue weighted by molar-refractivity contribution is 6.05. The van der Waals surface area contributed by atoms with Crippen LogP contribution in [0.4, 0.5) is 5.69 Å². The first-order chi connectivity index (χ1) is 9.61. The Kier molecular flexibility index (Phi) is 4.00. The molecular weight excluding hydrogens is 254 g/mol. The number of hydrogen-bond donors (Lipinski definition) is 3. The first-order valence-corrected chi connectivity index (χ1v) is 6.07. The number of nitrogens with two attached hydrogens (primary N) is 1. The van der Waals surface area contributed by atoms with Crippen molar-refractivity contribution >= 4 is 17.4 Å². The predicted octanol–water partition coefficient (Wildman–Crippen LogP) is 2.34. The molecule has 0 radical (unpaired) electrons. The summed E-state index contributed by atoms with van der Waals surface area (Å²) in [7, 11) is 0. The van der Waals surface area contributed by atoms with Crippen LogP contribution in [0.1, 0.15) is 21.5 Å². The highest BCUT2D eigenvalue weighted by Gasteiger charge is 2.09. The molecule has 4 N–H and O–H groups in total. The van der Waals surface area contributed by atoms with Gasteiger partial charge in [-0.05, 0) is 30.7 Å². The SMILES string of the molecule is Cc1ccc(C(N)=NO)cc1NC(=O)c1ccccc1. The standard InChI is InChI=1S/C15H15N3O2/c1-10-7-8-12(14(16)18-20)9-13(10)17-15(19)11-5-3-2-4-6-11/h2-9,20H,1H3,(H2,16,18)(H,17,19). The van der Waals surface area contributed by atoms with Gasteiger partial charge in [-0.25, -0.2) is 0 Å². The molecular formula is C15H15N3O2. The number of carbonyl (C=O) groups is 1. The quantitative estimate of drug-likeness (QED) is 0.346. The van der Waals surface area contributed by atoms with E-state index < -0.39 is 0 Å². The largest absolute Gasteiger partial charge is 0.409 e. The highest BCUT2D eigenvalue weighted by Crippen LogP contribution is 2.18. The molecule has 0 aliphatic rings. The van der Waals surface area contributed by atoms with E-state index in [-0.39, 0.29) is 11.7 Å². The van der Waals surface area contributed by atoms with Crippen molar-refractivity contribution in [1.29, 1.82) is 0 Å². The molecule has 5 heteroatoms. The Balaban J connectivity index is 2.27. The van der Waals surface area contributed by atoms with Crippen molar-refractivity contribution in [1.82, 2.24) is 0 Å². The number of amides is 1. The van der Waals surface area contributed by atoms with Crippen molar-refractivity contribution in [3.63, 3.8) is 0 Å². The third kappa shape index (κ3) is 2.95. The van der Waals surface area contributed by atoms with Crippen molar-refractivity contribution in [3.05, 3.63) is 65.2 Å². The molecule has 0 unspecified atom stereocenters. The average Bonchev–Trinajstić information content (AvgIpc) is 2.49. The van der Waals surface area contributed by atoms with Crippen LogP contribution >= 0.6 is 0 Å². The molecule has 102 valence electrons. The predicted molar refractivity (Wildman–Crippen MR) is 78.1 cm³/mol. The van der Waals surface area contributed by atoms with Crippen molar-refractivity contribution in [3.8, 4) is 0 Å². The van der Waals surface area contributed by atoms with Crippen LogP contribution in [0.25, 0.3) is 0 Å². The Bertz CT molecular complexity index is 651. The van der Waals surface area contributed by atoms with E-state index in [4.69, 9.17) is 10.9 Å². The molecule has 0 aliphatic carbocycles. The number of rotatable bonds is 3. The van der Waals surface area contributed by atoms with E-state index in [0.29, 0.717) is 16.8 Å². The second-order valence-corrected chi connectivity index (χ2v) is 4.34. The molecule has 1 amide bonds. The van der Waals surface area contributed by atoms with E-state index in [9.17, 15) is 4.79 Å². The van der Waals surface area contributed by atoms with E-state index in [1.165, 1.54) is 0 Å². The summed E-state index contributed by atoms with van der Waals surface area (Å²) in [5, 5.41) is 14.4. The van der Waals surface area contributed by atoms with Crippen LogP contribution < -0.4 is 11.1 Å². The van der Waals surface area contributed by atoms with Crippen molar-refractivity contribution < 1.29 is 10.0 Å². The lowest BCUT2D eigenvalue weighted by Gasteiger charge is -2.10. The molecule has 0 saturated carbocycles. The fourth-order valence-corrected chi connectivity index (χ4v) is 1.76. The number of carbonyl (C=O) groups excluding carboxylic acids is 1. The number of anilines is 1. The Morgan fingerprint density at radius 3 is 2.50 bits per heavy atom. The van der Waals surface area contributed by atoms with E-state index in [1.807, 2.05) is 13.0 Å². The molecule has 0 heterocycles. The fraction of sp³-hybridized carbons (Fsp3) is 0.0667. The monoisotopic (exact) mass is 269 g/mol.